The number of hydrogen-bond donors (Lipinski definition) is 0. The van der Waals surface area contributed by atoms with Crippen LogP contribution in [-0.2, 0) is 20.0 Å². The summed E-state index contributed by atoms with van der Waals surface area (Å²) in [5, 5.41) is 11.7. The minimum absolute atomic E-state index is 0.0833. The number of nitro groups is 1. The first-order valence-corrected chi connectivity index (χ1v) is 13.3. The van der Waals surface area contributed by atoms with Crippen molar-refractivity contribution in [2.45, 2.75) is 31.1 Å². The Morgan fingerprint density at radius 1 is 0.967 bits per heavy atom. The molecule has 1 aromatic rings. The molecule has 0 spiro atoms. The molecule has 3 rings (SSSR count). The Morgan fingerprint density at radius 3 is 2.23 bits per heavy atom. The number of benzene rings is 1. The average Bonchev–Trinajstić information content (AvgIpc) is 2.94. The summed E-state index contributed by atoms with van der Waals surface area (Å²) in [5.41, 5.74) is 0.0239. The van der Waals surface area contributed by atoms with Gasteiger partial charge in [-0.1, -0.05) is 6.92 Å². The van der Waals surface area contributed by atoms with Gasteiger partial charge in [0.05, 0.1) is 16.1 Å². The molecule has 0 radical (unpaired) electrons. The van der Waals surface area contributed by atoms with Gasteiger partial charge in [-0.25, -0.2) is 21.1 Å². The number of nitro benzene ring substituents is 1. The Balaban J connectivity index is 1.88. The molecule has 2 fully saturated rings. The topological polar surface area (TPSA) is 121 Å². The van der Waals surface area contributed by atoms with Gasteiger partial charge in [0.2, 0.25) is 20.0 Å². The van der Waals surface area contributed by atoms with E-state index in [2.05, 4.69) is 6.92 Å². The van der Waals surface area contributed by atoms with Crippen LogP contribution in [0.25, 0.3) is 0 Å². The maximum atomic E-state index is 13.0. The van der Waals surface area contributed by atoms with E-state index in [9.17, 15) is 26.9 Å². The van der Waals surface area contributed by atoms with E-state index in [4.69, 9.17) is 0 Å². The molecule has 2 aliphatic rings. The van der Waals surface area contributed by atoms with Crippen molar-refractivity contribution in [2.75, 3.05) is 50.4 Å². The molecule has 168 valence electrons. The first kappa shape index (κ1) is 22.9. The Kier molecular flexibility index (Phi) is 6.70. The summed E-state index contributed by atoms with van der Waals surface area (Å²) >= 11 is 0. The van der Waals surface area contributed by atoms with Crippen molar-refractivity contribution >= 4 is 31.4 Å². The van der Waals surface area contributed by atoms with E-state index < -0.39 is 25.0 Å². The molecule has 0 unspecified atom stereocenters. The lowest BCUT2D eigenvalue weighted by Gasteiger charge is -2.29. The van der Waals surface area contributed by atoms with Gasteiger partial charge in [0, 0.05) is 45.3 Å². The van der Waals surface area contributed by atoms with Gasteiger partial charge in [0.1, 0.15) is 5.69 Å². The molecule has 0 aromatic heterocycles. The average molecular weight is 461 g/mol. The summed E-state index contributed by atoms with van der Waals surface area (Å²) in [5.74, 6) is 0.461. The molecule has 0 saturated carbocycles. The van der Waals surface area contributed by atoms with Gasteiger partial charge in [-0.15, -0.1) is 0 Å². The lowest BCUT2D eigenvalue weighted by Crippen LogP contribution is -2.38. The summed E-state index contributed by atoms with van der Waals surface area (Å²) in [6.45, 7) is 4.21. The molecule has 12 heteroatoms. The molecule has 1 aromatic carbocycles. The number of piperidine rings is 1. The van der Waals surface area contributed by atoms with Gasteiger partial charge in [-0.2, -0.15) is 4.31 Å². The first-order chi connectivity index (χ1) is 14.0. The van der Waals surface area contributed by atoms with E-state index in [1.54, 1.807) is 4.90 Å². The van der Waals surface area contributed by atoms with Crippen molar-refractivity contribution in [3.05, 3.63) is 28.3 Å². The summed E-state index contributed by atoms with van der Waals surface area (Å²) in [7, 11) is -7.14. The van der Waals surface area contributed by atoms with Crippen molar-refractivity contribution in [2.24, 2.45) is 5.92 Å². The standard InChI is InChI=1S/C18H28N4O6S2/c1-15-6-10-21(11-7-15)30(27,28)16-4-5-17(18(14-16)22(23)24)19-8-3-9-20(13-12-19)29(2,25)26/h4-5,14-15H,3,6-13H2,1-2H3. The van der Waals surface area contributed by atoms with E-state index >= 15 is 0 Å². The van der Waals surface area contributed by atoms with Crippen LogP contribution in [0.5, 0.6) is 0 Å². The molecule has 30 heavy (non-hydrogen) atoms. The Morgan fingerprint density at radius 2 is 1.63 bits per heavy atom. The molecular formula is C18H28N4O6S2. The minimum atomic E-state index is -3.80. The van der Waals surface area contributed by atoms with Gasteiger partial charge in [0.15, 0.2) is 0 Å². The molecular weight excluding hydrogens is 432 g/mol. The summed E-state index contributed by atoms with van der Waals surface area (Å²) in [6.07, 6.45) is 3.20. The minimum Gasteiger partial charge on any atom is -0.365 e. The number of sulfonamides is 2. The molecule has 0 bridgehead atoms. The molecule has 2 aliphatic heterocycles. The maximum absolute atomic E-state index is 13.0. The Labute approximate surface area is 177 Å². The third kappa shape index (κ3) is 4.93. The normalized spacial score (nSPS) is 20.8. The second kappa shape index (κ2) is 8.77. The van der Waals surface area contributed by atoms with Crippen LogP contribution in [0.2, 0.25) is 0 Å². The lowest BCUT2D eigenvalue weighted by atomic mass is 10.0. The summed E-state index contributed by atoms with van der Waals surface area (Å²) in [4.78, 5) is 12.8. The zero-order chi connectivity index (χ0) is 22.1. The van der Waals surface area contributed by atoms with Gasteiger partial charge in [-0.05, 0) is 37.3 Å². The second-order valence-electron chi connectivity index (χ2n) is 8.00. The first-order valence-electron chi connectivity index (χ1n) is 9.99. The van der Waals surface area contributed by atoms with E-state index in [1.807, 2.05) is 0 Å². The van der Waals surface area contributed by atoms with Crippen LogP contribution >= 0.6 is 0 Å². The molecule has 0 aliphatic carbocycles. The number of hydrogen-bond acceptors (Lipinski definition) is 7. The quantitative estimate of drug-likeness (QED) is 0.482. The summed E-state index contributed by atoms with van der Waals surface area (Å²) < 4.78 is 52.3. The highest BCUT2D eigenvalue weighted by atomic mass is 32.2. The molecule has 2 heterocycles. The zero-order valence-electron chi connectivity index (χ0n) is 17.2. The fourth-order valence-electron chi connectivity index (χ4n) is 3.92. The van der Waals surface area contributed by atoms with Crippen LogP contribution in [0.15, 0.2) is 23.1 Å². The highest BCUT2D eigenvalue weighted by molar-refractivity contribution is 7.89. The molecule has 2 saturated heterocycles. The van der Waals surface area contributed by atoms with Crippen molar-refractivity contribution in [3.63, 3.8) is 0 Å². The maximum Gasteiger partial charge on any atom is 0.293 e. The highest BCUT2D eigenvalue weighted by Crippen LogP contribution is 2.33. The van der Waals surface area contributed by atoms with Crippen LogP contribution in [0.1, 0.15) is 26.2 Å². The predicted octanol–water partition coefficient (Wildman–Crippen LogP) is 1.49. The number of rotatable bonds is 5. The van der Waals surface area contributed by atoms with Crippen LogP contribution in [0, 0.1) is 16.0 Å². The highest BCUT2D eigenvalue weighted by Gasteiger charge is 2.31. The number of anilines is 1. The fourth-order valence-corrected chi connectivity index (χ4v) is 6.28. The van der Waals surface area contributed by atoms with Crippen LogP contribution in [-0.4, -0.2) is 75.9 Å². The van der Waals surface area contributed by atoms with Gasteiger partial charge >= 0.3 is 0 Å². The Bertz CT molecular complexity index is 1000. The fraction of sp³-hybridized carbons (Fsp3) is 0.667. The molecule has 10 nitrogen and oxygen atoms in total. The summed E-state index contributed by atoms with van der Waals surface area (Å²) in [6, 6.07) is 4.00. The molecule has 0 amide bonds. The number of nitrogens with zero attached hydrogens (tertiary/aromatic N) is 4. The predicted molar refractivity (Wildman–Crippen MR) is 114 cm³/mol. The van der Waals surface area contributed by atoms with Crippen molar-refractivity contribution in [3.8, 4) is 0 Å². The van der Waals surface area contributed by atoms with Crippen LogP contribution in [0.3, 0.4) is 0 Å². The lowest BCUT2D eigenvalue weighted by molar-refractivity contribution is -0.384. The second-order valence-corrected chi connectivity index (χ2v) is 11.9. The van der Waals surface area contributed by atoms with E-state index in [0.29, 0.717) is 50.7 Å². The third-order valence-electron chi connectivity index (χ3n) is 5.79. The van der Waals surface area contributed by atoms with Gasteiger partial charge in [0.25, 0.3) is 5.69 Å². The van der Waals surface area contributed by atoms with Gasteiger partial charge < -0.3 is 4.90 Å². The SMILES string of the molecule is CC1CCN(S(=O)(=O)c2ccc(N3CCCN(S(C)(=O)=O)CC3)c([N+](=O)[O-])c2)CC1. The van der Waals surface area contributed by atoms with Crippen molar-refractivity contribution in [1.29, 1.82) is 0 Å². The van der Waals surface area contributed by atoms with E-state index in [0.717, 1.165) is 25.2 Å². The smallest absolute Gasteiger partial charge is 0.293 e. The van der Waals surface area contributed by atoms with Gasteiger partial charge in [-0.3, -0.25) is 10.1 Å². The van der Waals surface area contributed by atoms with Crippen molar-refractivity contribution < 1.29 is 21.8 Å². The van der Waals surface area contributed by atoms with Crippen molar-refractivity contribution in [1.82, 2.24) is 8.61 Å². The third-order valence-corrected chi connectivity index (χ3v) is 8.99. The van der Waals surface area contributed by atoms with E-state index in [1.165, 1.54) is 20.7 Å². The molecule has 0 N–H and O–H groups in total. The largest absolute Gasteiger partial charge is 0.365 e. The van der Waals surface area contributed by atoms with E-state index in [-0.39, 0.29) is 17.1 Å². The zero-order valence-corrected chi connectivity index (χ0v) is 18.9. The monoisotopic (exact) mass is 460 g/mol. The Hall–Kier alpha value is -1.76. The molecule has 0 atom stereocenters. The van der Waals surface area contributed by atoms with Crippen LogP contribution in [0.4, 0.5) is 11.4 Å². The van der Waals surface area contributed by atoms with Crippen LogP contribution < -0.4 is 4.90 Å².